The number of halogens is 1. The molecule has 0 saturated carbocycles. The van der Waals surface area contributed by atoms with E-state index in [0.29, 0.717) is 5.56 Å². The number of benzene rings is 1. The third-order valence-electron chi connectivity index (χ3n) is 2.46. The summed E-state index contributed by atoms with van der Waals surface area (Å²) in [6.45, 7) is 1.62. The van der Waals surface area contributed by atoms with Gasteiger partial charge in [0.25, 0.3) is 0 Å². The van der Waals surface area contributed by atoms with Gasteiger partial charge in [-0.15, -0.1) is 0 Å². The van der Waals surface area contributed by atoms with Gasteiger partial charge in [0.1, 0.15) is 11.9 Å². The van der Waals surface area contributed by atoms with Crippen molar-refractivity contribution in [1.29, 1.82) is 5.26 Å². The molecule has 0 aliphatic carbocycles. The molecule has 16 heavy (non-hydrogen) atoms. The lowest BCUT2D eigenvalue weighted by Crippen LogP contribution is -2.35. The topological polar surface area (TPSA) is 44.1 Å². The monoisotopic (exact) mass is 220 g/mol. The van der Waals surface area contributed by atoms with Gasteiger partial charge >= 0.3 is 0 Å². The minimum Gasteiger partial charge on any atom is -0.330 e. The highest BCUT2D eigenvalue weighted by Crippen LogP contribution is 2.09. The summed E-state index contributed by atoms with van der Waals surface area (Å²) in [5.41, 5.74) is 0.351. The normalized spacial score (nSPS) is 11.6. The van der Waals surface area contributed by atoms with Gasteiger partial charge in [0.15, 0.2) is 0 Å². The zero-order chi connectivity index (χ0) is 12.1. The van der Waals surface area contributed by atoms with Crippen LogP contribution in [0.25, 0.3) is 0 Å². The molecule has 0 heterocycles. The Morgan fingerprint density at radius 1 is 1.56 bits per heavy atom. The lowest BCUT2D eigenvalue weighted by molar-refractivity contribution is -0.130. The first kappa shape index (κ1) is 12.2. The van der Waals surface area contributed by atoms with Gasteiger partial charge in [0, 0.05) is 7.05 Å². The Labute approximate surface area is 94.1 Å². The van der Waals surface area contributed by atoms with E-state index in [-0.39, 0.29) is 12.3 Å². The maximum Gasteiger partial charge on any atom is 0.227 e. The number of carbonyl (C=O) groups is 1. The van der Waals surface area contributed by atoms with Crippen molar-refractivity contribution in [2.75, 3.05) is 7.05 Å². The van der Waals surface area contributed by atoms with E-state index < -0.39 is 11.9 Å². The molecule has 0 N–H and O–H groups in total. The van der Waals surface area contributed by atoms with Gasteiger partial charge in [-0.1, -0.05) is 18.2 Å². The van der Waals surface area contributed by atoms with Gasteiger partial charge < -0.3 is 4.90 Å². The highest BCUT2D eigenvalue weighted by Gasteiger charge is 2.16. The first-order valence-corrected chi connectivity index (χ1v) is 4.95. The molecule has 0 aliphatic heterocycles. The lowest BCUT2D eigenvalue weighted by atomic mass is 10.1. The second-order valence-electron chi connectivity index (χ2n) is 3.58. The van der Waals surface area contributed by atoms with E-state index in [0.717, 1.165) is 0 Å². The molecule has 0 bridgehead atoms. The van der Waals surface area contributed by atoms with Crippen molar-refractivity contribution >= 4 is 5.91 Å². The van der Waals surface area contributed by atoms with Crippen LogP contribution in [0, 0.1) is 17.1 Å². The largest absolute Gasteiger partial charge is 0.330 e. The summed E-state index contributed by atoms with van der Waals surface area (Å²) >= 11 is 0. The molecule has 1 atom stereocenters. The van der Waals surface area contributed by atoms with E-state index in [4.69, 9.17) is 5.26 Å². The summed E-state index contributed by atoms with van der Waals surface area (Å²) in [5, 5.41) is 8.66. The van der Waals surface area contributed by atoms with Gasteiger partial charge in [-0.2, -0.15) is 5.26 Å². The van der Waals surface area contributed by atoms with Crippen LogP contribution in [-0.4, -0.2) is 23.9 Å². The summed E-state index contributed by atoms with van der Waals surface area (Å²) in [6, 6.07) is 7.59. The first-order valence-electron chi connectivity index (χ1n) is 4.95. The van der Waals surface area contributed by atoms with Crippen LogP contribution >= 0.6 is 0 Å². The summed E-state index contributed by atoms with van der Waals surface area (Å²) < 4.78 is 13.3. The van der Waals surface area contributed by atoms with Crippen LogP contribution in [-0.2, 0) is 11.2 Å². The molecule has 0 radical (unpaired) electrons. The highest BCUT2D eigenvalue weighted by atomic mass is 19.1. The van der Waals surface area contributed by atoms with Crippen LogP contribution in [0.5, 0.6) is 0 Å². The fraction of sp³-hybridized carbons (Fsp3) is 0.333. The molecule has 1 unspecified atom stereocenters. The van der Waals surface area contributed by atoms with Gasteiger partial charge in [-0.05, 0) is 18.6 Å². The predicted molar refractivity (Wildman–Crippen MR) is 57.9 cm³/mol. The summed E-state index contributed by atoms with van der Waals surface area (Å²) in [7, 11) is 1.54. The van der Waals surface area contributed by atoms with Crippen LogP contribution in [0.3, 0.4) is 0 Å². The predicted octanol–water partition coefficient (Wildman–Crippen LogP) is 1.74. The Balaban J connectivity index is 2.73. The van der Waals surface area contributed by atoms with Crippen LogP contribution in [0.2, 0.25) is 0 Å². The van der Waals surface area contributed by atoms with Crippen molar-refractivity contribution in [3.63, 3.8) is 0 Å². The number of nitrogens with zero attached hydrogens (tertiary/aromatic N) is 2. The van der Waals surface area contributed by atoms with Crippen molar-refractivity contribution in [2.45, 2.75) is 19.4 Å². The smallest absolute Gasteiger partial charge is 0.227 e. The van der Waals surface area contributed by atoms with Crippen molar-refractivity contribution in [3.05, 3.63) is 35.6 Å². The molecule has 1 aromatic carbocycles. The zero-order valence-corrected chi connectivity index (χ0v) is 9.27. The molecule has 0 spiro atoms. The average Bonchev–Trinajstić information content (AvgIpc) is 2.30. The minimum absolute atomic E-state index is 0.0187. The SMILES string of the molecule is CC(C#N)N(C)C(=O)Cc1ccccc1F. The van der Waals surface area contributed by atoms with Crippen molar-refractivity contribution in [1.82, 2.24) is 4.90 Å². The van der Waals surface area contributed by atoms with Crippen LogP contribution in [0.15, 0.2) is 24.3 Å². The Morgan fingerprint density at radius 3 is 2.75 bits per heavy atom. The quantitative estimate of drug-likeness (QED) is 0.778. The molecule has 4 heteroatoms. The van der Waals surface area contributed by atoms with Gasteiger partial charge in [-0.25, -0.2) is 4.39 Å². The van der Waals surface area contributed by atoms with Crippen molar-refractivity contribution < 1.29 is 9.18 Å². The fourth-order valence-electron chi connectivity index (χ4n) is 1.23. The molecule has 1 rings (SSSR count). The number of hydrogen-bond acceptors (Lipinski definition) is 2. The Bertz CT molecular complexity index is 425. The average molecular weight is 220 g/mol. The summed E-state index contributed by atoms with van der Waals surface area (Å²) in [4.78, 5) is 13.0. The summed E-state index contributed by atoms with van der Waals surface area (Å²) in [6.07, 6.45) is -0.0187. The maximum atomic E-state index is 13.3. The van der Waals surface area contributed by atoms with Crippen molar-refractivity contribution in [3.8, 4) is 6.07 Å². The fourth-order valence-corrected chi connectivity index (χ4v) is 1.23. The lowest BCUT2D eigenvalue weighted by Gasteiger charge is -2.19. The molecule has 3 nitrogen and oxygen atoms in total. The number of carbonyl (C=O) groups excluding carboxylic acids is 1. The van der Waals surface area contributed by atoms with E-state index in [9.17, 15) is 9.18 Å². The molecular formula is C12H13FN2O. The maximum absolute atomic E-state index is 13.3. The number of likely N-dealkylation sites (N-methyl/N-ethyl adjacent to an activating group) is 1. The second kappa shape index (κ2) is 5.26. The molecule has 1 aromatic rings. The van der Waals surface area contributed by atoms with Crippen LogP contribution < -0.4 is 0 Å². The Morgan fingerprint density at radius 2 is 2.19 bits per heavy atom. The number of hydrogen-bond donors (Lipinski definition) is 0. The Hall–Kier alpha value is -1.89. The Kier molecular flexibility index (Phi) is 4.01. The van der Waals surface area contributed by atoms with E-state index in [2.05, 4.69) is 0 Å². The number of nitriles is 1. The number of amides is 1. The molecular weight excluding hydrogens is 207 g/mol. The molecule has 84 valence electrons. The standard InChI is InChI=1S/C12H13FN2O/c1-9(8-14)15(2)12(16)7-10-5-3-4-6-11(10)13/h3-6,9H,7H2,1-2H3. The van der Waals surface area contributed by atoms with Crippen LogP contribution in [0.4, 0.5) is 4.39 Å². The van der Waals surface area contributed by atoms with Crippen LogP contribution in [0.1, 0.15) is 12.5 Å². The number of rotatable bonds is 3. The molecule has 0 aromatic heterocycles. The second-order valence-corrected chi connectivity index (χ2v) is 3.58. The zero-order valence-electron chi connectivity index (χ0n) is 9.27. The highest BCUT2D eigenvalue weighted by molar-refractivity contribution is 5.79. The molecule has 1 amide bonds. The summed E-state index contributed by atoms with van der Waals surface area (Å²) in [5.74, 6) is -0.659. The molecule has 0 aliphatic rings. The van der Waals surface area contributed by atoms with Gasteiger partial charge in [-0.3, -0.25) is 4.79 Å². The first-order chi connectivity index (χ1) is 7.56. The van der Waals surface area contributed by atoms with E-state index in [1.165, 1.54) is 18.0 Å². The van der Waals surface area contributed by atoms with E-state index >= 15 is 0 Å². The van der Waals surface area contributed by atoms with Gasteiger partial charge in [0.2, 0.25) is 5.91 Å². The van der Waals surface area contributed by atoms with E-state index in [1.807, 2.05) is 6.07 Å². The third-order valence-corrected chi connectivity index (χ3v) is 2.46. The molecule has 0 fully saturated rings. The minimum atomic E-state index is -0.501. The molecule has 0 saturated heterocycles. The third kappa shape index (κ3) is 2.80. The van der Waals surface area contributed by atoms with E-state index in [1.54, 1.807) is 25.1 Å². The van der Waals surface area contributed by atoms with Crippen molar-refractivity contribution in [2.24, 2.45) is 0 Å². The van der Waals surface area contributed by atoms with Gasteiger partial charge in [0.05, 0.1) is 12.5 Å².